The Balaban J connectivity index is 2.12. The summed E-state index contributed by atoms with van der Waals surface area (Å²) in [6.07, 6.45) is 11.9. The first-order valence-corrected chi connectivity index (χ1v) is 8.29. The van der Waals surface area contributed by atoms with Crippen molar-refractivity contribution in [3.05, 3.63) is 35.9 Å². The molecule has 0 spiro atoms. The van der Waals surface area contributed by atoms with Gasteiger partial charge in [0, 0.05) is 0 Å². The summed E-state index contributed by atoms with van der Waals surface area (Å²) >= 11 is 6.64. The van der Waals surface area contributed by atoms with Crippen molar-refractivity contribution in [1.29, 1.82) is 0 Å². The van der Waals surface area contributed by atoms with Crippen molar-refractivity contribution in [2.45, 2.75) is 76.5 Å². The van der Waals surface area contributed by atoms with E-state index in [2.05, 4.69) is 38.1 Å². The van der Waals surface area contributed by atoms with Gasteiger partial charge in [-0.2, -0.15) is 0 Å². The van der Waals surface area contributed by atoms with Crippen molar-refractivity contribution < 1.29 is 0 Å². The van der Waals surface area contributed by atoms with Crippen molar-refractivity contribution in [2.24, 2.45) is 0 Å². The molecule has 0 amide bonds. The first kappa shape index (κ1) is 16.6. The topological polar surface area (TPSA) is 0 Å². The first-order valence-electron chi connectivity index (χ1n) is 7.91. The third-order valence-corrected chi connectivity index (χ3v) is 4.28. The lowest BCUT2D eigenvalue weighted by Crippen LogP contribution is -2.13. The van der Waals surface area contributed by atoms with Crippen molar-refractivity contribution in [3.8, 4) is 0 Å². The Morgan fingerprint density at radius 2 is 1.37 bits per heavy atom. The lowest BCUT2D eigenvalue weighted by atomic mass is 9.94. The lowest BCUT2D eigenvalue weighted by Gasteiger charge is -2.22. The van der Waals surface area contributed by atoms with E-state index in [1.54, 1.807) is 0 Å². The van der Waals surface area contributed by atoms with Gasteiger partial charge in [-0.3, -0.25) is 0 Å². The van der Waals surface area contributed by atoms with Gasteiger partial charge in [-0.15, -0.1) is 11.6 Å². The highest BCUT2D eigenvalue weighted by molar-refractivity contribution is 6.23. The molecule has 0 aliphatic rings. The predicted octanol–water partition coefficient (Wildman–Crippen LogP) is 6.67. The number of halogens is 1. The summed E-state index contributed by atoms with van der Waals surface area (Å²) in [6, 6.07) is 10.5. The van der Waals surface area contributed by atoms with Crippen molar-refractivity contribution in [2.75, 3.05) is 0 Å². The van der Waals surface area contributed by atoms with E-state index in [1.165, 1.54) is 56.9 Å². The number of rotatable bonds is 10. The molecule has 0 saturated heterocycles. The van der Waals surface area contributed by atoms with Crippen LogP contribution >= 0.6 is 11.6 Å². The summed E-state index contributed by atoms with van der Waals surface area (Å²) in [5.41, 5.74) is 1.25. The van der Waals surface area contributed by atoms with Gasteiger partial charge in [0.15, 0.2) is 0 Å². The molecule has 0 bridgehead atoms. The number of alkyl halides is 1. The summed E-state index contributed by atoms with van der Waals surface area (Å²) in [7, 11) is 0. The first-order chi connectivity index (χ1) is 9.17. The van der Waals surface area contributed by atoms with Crippen LogP contribution in [0.4, 0.5) is 0 Å². The van der Waals surface area contributed by atoms with Crippen LogP contribution in [0.3, 0.4) is 0 Å². The summed E-state index contributed by atoms with van der Waals surface area (Å²) in [6.45, 7) is 4.41. The van der Waals surface area contributed by atoms with Crippen LogP contribution in [0.15, 0.2) is 30.3 Å². The molecule has 0 aliphatic carbocycles. The molecule has 1 unspecified atom stereocenters. The number of hydrogen-bond donors (Lipinski definition) is 0. The fourth-order valence-electron chi connectivity index (χ4n) is 2.52. The Morgan fingerprint density at radius 1 is 0.842 bits per heavy atom. The van der Waals surface area contributed by atoms with Crippen LogP contribution in [-0.2, 0) is 4.87 Å². The summed E-state index contributed by atoms with van der Waals surface area (Å²) < 4.78 is 0. The van der Waals surface area contributed by atoms with E-state index in [-0.39, 0.29) is 4.87 Å². The van der Waals surface area contributed by atoms with E-state index >= 15 is 0 Å². The Labute approximate surface area is 124 Å². The minimum atomic E-state index is -0.191. The molecule has 0 aromatic heterocycles. The molecular formula is C18H29Cl. The molecule has 0 aliphatic heterocycles. The molecule has 108 valence electrons. The zero-order chi connectivity index (χ0) is 14.0. The van der Waals surface area contributed by atoms with E-state index in [0.29, 0.717) is 0 Å². The minimum absolute atomic E-state index is 0.191. The minimum Gasteiger partial charge on any atom is -0.114 e. The molecule has 1 heteroatoms. The molecule has 0 heterocycles. The third-order valence-electron chi connectivity index (χ3n) is 3.88. The maximum absolute atomic E-state index is 6.64. The van der Waals surface area contributed by atoms with E-state index in [4.69, 9.17) is 11.6 Å². The van der Waals surface area contributed by atoms with Crippen LogP contribution in [0.25, 0.3) is 0 Å². The molecule has 0 fully saturated rings. The number of benzene rings is 1. The average molecular weight is 281 g/mol. The Morgan fingerprint density at radius 3 is 1.95 bits per heavy atom. The Kier molecular flexibility index (Phi) is 8.21. The summed E-state index contributed by atoms with van der Waals surface area (Å²) in [5, 5.41) is 0. The fourth-order valence-corrected chi connectivity index (χ4v) is 2.78. The van der Waals surface area contributed by atoms with Crippen LogP contribution in [0.5, 0.6) is 0 Å². The number of hydrogen-bond acceptors (Lipinski definition) is 0. The third kappa shape index (κ3) is 7.01. The summed E-state index contributed by atoms with van der Waals surface area (Å²) in [4.78, 5) is -0.191. The predicted molar refractivity (Wildman–Crippen MR) is 86.9 cm³/mol. The molecule has 1 aromatic rings. The van der Waals surface area contributed by atoms with Gasteiger partial charge in [0.05, 0.1) is 4.87 Å². The maximum Gasteiger partial charge on any atom is 0.0666 e. The standard InChI is InChI=1S/C18H29Cl/c1-3-4-5-6-7-8-9-13-16-18(2,19)17-14-11-10-12-15-17/h10-12,14-15H,3-9,13,16H2,1-2H3. The van der Waals surface area contributed by atoms with Crippen molar-refractivity contribution >= 4 is 11.6 Å². The van der Waals surface area contributed by atoms with E-state index in [9.17, 15) is 0 Å². The highest BCUT2D eigenvalue weighted by Gasteiger charge is 2.22. The van der Waals surface area contributed by atoms with Gasteiger partial charge in [-0.25, -0.2) is 0 Å². The zero-order valence-electron chi connectivity index (χ0n) is 12.6. The second-order valence-corrected chi connectivity index (χ2v) is 6.62. The Bertz CT molecular complexity index is 316. The van der Waals surface area contributed by atoms with Crippen LogP contribution < -0.4 is 0 Å². The SMILES string of the molecule is CCCCCCCCCCC(C)(Cl)c1ccccc1. The molecule has 1 aromatic carbocycles. The monoisotopic (exact) mass is 280 g/mol. The van der Waals surface area contributed by atoms with E-state index in [0.717, 1.165) is 6.42 Å². The zero-order valence-corrected chi connectivity index (χ0v) is 13.4. The van der Waals surface area contributed by atoms with Crippen LogP contribution in [0.1, 0.15) is 77.2 Å². The lowest BCUT2D eigenvalue weighted by molar-refractivity contribution is 0.519. The van der Waals surface area contributed by atoms with Gasteiger partial charge < -0.3 is 0 Å². The van der Waals surface area contributed by atoms with E-state index in [1.807, 2.05) is 6.07 Å². The largest absolute Gasteiger partial charge is 0.114 e. The van der Waals surface area contributed by atoms with Gasteiger partial charge in [-0.1, -0.05) is 88.6 Å². The van der Waals surface area contributed by atoms with Crippen LogP contribution in [-0.4, -0.2) is 0 Å². The highest BCUT2D eigenvalue weighted by Crippen LogP contribution is 2.33. The molecule has 0 radical (unpaired) electrons. The maximum atomic E-state index is 6.64. The van der Waals surface area contributed by atoms with Gasteiger partial charge in [-0.05, 0) is 18.9 Å². The molecule has 1 atom stereocenters. The van der Waals surface area contributed by atoms with Crippen molar-refractivity contribution in [1.82, 2.24) is 0 Å². The van der Waals surface area contributed by atoms with Gasteiger partial charge >= 0.3 is 0 Å². The highest BCUT2D eigenvalue weighted by atomic mass is 35.5. The molecule has 19 heavy (non-hydrogen) atoms. The molecule has 0 nitrogen and oxygen atoms in total. The fraction of sp³-hybridized carbons (Fsp3) is 0.667. The van der Waals surface area contributed by atoms with Crippen molar-refractivity contribution in [3.63, 3.8) is 0 Å². The second-order valence-electron chi connectivity index (χ2n) is 5.79. The van der Waals surface area contributed by atoms with Crippen LogP contribution in [0.2, 0.25) is 0 Å². The van der Waals surface area contributed by atoms with Gasteiger partial charge in [0.25, 0.3) is 0 Å². The molecule has 1 rings (SSSR count). The number of unbranched alkanes of at least 4 members (excludes halogenated alkanes) is 7. The van der Waals surface area contributed by atoms with Crippen LogP contribution in [0, 0.1) is 0 Å². The molecule has 0 N–H and O–H groups in total. The second kappa shape index (κ2) is 9.42. The average Bonchev–Trinajstić information content (AvgIpc) is 2.43. The summed E-state index contributed by atoms with van der Waals surface area (Å²) in [5.74, 6) is 0. The normalized spacial score (nSPS) is 14.3. The van der Waals surface area contributed by atoms with Gasteiger partial charge in [0.1, 0.15) is 0 Å². The molecular weight excluding hydrogens is 252 g/mol. The molecule has 0 saturated carbocycles. The quantitative estimate of drug-likeness (QED) is 0.331. The Hall–Kier alpha value is -0.490. The van der Waals surface area contributed by atoms with Gasteiger partial charge in [0.2, 0.25) is 0 Å². The smallest absolute Gasteiger partial charge is 0.0666 e. The van der Waals surface area contributed by atoms with E-state index < -0.39 is 0 Å².